The van der Waals surface area contributed by atoms with Crippen molar-refractivity contribution in [2.24, 2.45) is 4.99 Å². The molecule has 0 aliphatic carbocycles. The largest absolute Gasteiger partial charge is 0.477 e. The number of unbranched alkanes of at least 4 members (excludes halogenated alkanes) is 1. The molecule has 2 aromatic carbocycles. The molecule has 2 N–H and O–H groups in total. The van der Waals surface area contributed by atoms with Crippen molar-refractivity contribution in [2.45, 2.75) is 32.4 Å². The Balaban J connectivity index is 1.38. The fraction of sp³-hybridized carbons (Fsp3) is 0.348. The van der Waals surface area contributed by atoms with Crippen LogP contribution in [0.5, 0.6) is 0 Å². The number of aromatic nitrogens is 1. The maximum absolute atomic E-state index is 11.6. The SMILES string of the molecule is CCCCN(CCCOC1Nc2ccccc2N=C1C(=O)O)c1nc2ccccc2o1. The van der Waals surface area contributed by atoms with Crippen LogP contribution in [-0.4, -0.2) is 47.7 Å². The molecule has 8 heteroatoms. The maximum Gasteiger partial charge on any atom is 0.355 e. The van der Waals surface area contributed by atoms with Gasteiger partial charge < -0.3 is 24.5 Å². The van der Waals surface area contributed by atoms with E-state index in [-0.39, 0.29) is 5.71 Å². The van der Waals surface area contributed by atoms with Crippen molar-refractivity contribution in [3.05, 3.63) is 48.5 Å². The number of hydrogen-bond donors (Lipinski definition) is 2. The lowest BCUT2D eigenvalue weighted by atomic mass is 10.2. The van der Waals surface area contributed by atoms with Crippen molar-refractivity contribution in [1.82, 2.24) is 4.98 Å². The number of carboxylic acid groups (broad SMARTS) is 1. The second-order valence-electron chi connectivity index (χ2n) is 7.37. The Kier molecular flexibility index (Phi) is 6.47. The van der Waals surface area contributed by atoms with E-state index >= 15 is 0 Å². The van der Waals surface area contributed by atoms with Crippen LogP contribution in [0.1, 0.15) is 26.2 Å². The standard InChI is InChI=1S/C23H26N4O4/c1-2-3-13-27(23-26-18-11-6-7-12-19(18)31-23)14-8-15-30-21-20(22(28)29)24-16-9-4-5-10-17(16)25-21/h4-7,9-12,21,25H,2-3,8,13-15H2,1H3,(H,28,29). The molecule has 162 valence electrons. The van der Waals surface area contributed by atoms with Crippen LogP contribution in [0.15, 0.2) is 57.9 Å². The van der Waals surface area contributed by atoms with E-state index in [1.807, 2.05) is 42.5 Å². The van der Waals surface area contributed by atoms with Gasteiger partial charge in [0, 0.05) is 13.1 Å². The first-order valence-corrected chi connectivity index (χ1v) is 10.6. The van der Waals surface area contributed by atoms with E-state index < -0.39 is 12.2 Å². The first-order valence-electron chi connectivity index (χ1n) is 10.6. The van der Waals surface area contributed by atoms with Crippen LogP contribution in [-0.2, 0) is 9.53 Å². The third kappa shape index (κ3) is 4.86. The number of para-hydroxylation sites is 4. The summed E-state index contributed by atoms with van der Waals surface area (Å²) in [7, 11) is 0. The predicted molar refractivity (Wildman–Crippen MR) is 120 cm³/mol. The molecule has 1 aliphatic rings. The summed E-state index contributed by atoms with van der Waals surface area (Å²) in [5.41, 5.74) is 2.92. The Hall–Kier alpha value is -3.39. The van der Waals surface area contributed by atoms with E-state index in [0.717, 1.165) is 36.2 Å². The zero-order chi connectivity index (χ0) is 21.6. The number of fused-ring (bicyclic) bond motifs is 2. The van der Waals surface area contributed by atoms with Gasteiger partial charge in [-0.25, -0.2) is 9.79 Å². The monoisotopic (exact) mass is 422 g/mol. The van der Waals surface area contributed by atoms with Gasteiger partial charge in [-0.3, -0.25) is 0 Å². The number of benzene rings is 2. The van der Waals surface area contributed by atoms with Gasteiger partial charge in [-0.15, -0.1) is 0 Å². The molecule has 0 amide bonds. The summed E-state index contributed by atoms with van der Waals surface area (Å²) in [6, 6.07) is 15.6. The van der Waals surface area contributed by atoms with Crippen molar-refractivity contribution >= 4 is 40.2 Å². The van der Waals surface area contributed by atoms with E-state index in [2.05, 4.69) is 27.1 Å². The van der Waals surface area contributed by atoms with Crippen LogP contribution >= 0.6 is 0 Å². The van der Waals surface area contributed by atoms with Gasteiger partial charge in [0.1, 0.15) is 5.52 Å². The lowest BCUT2D eigenvalue weighted by Crippen LogP contribution is -2.40. The summed E-state index contributed by atoms with van der Waals surface area (Å²) in [6.07, 6.45) is 1.99. The Bertz CT molecular complexity index is 1050. The highest BCUT2D eigenvalue weighted by Gasteiger charge is 2.28. The van der Waals surface area contributed by atoms with Crippen molar-refractivity contribution in [3.63, 3.8) is 0 Å². The lowest BCUT2D eigenvalue weighted by Gasteiger charge is -2.26. The number of rotatable bonds is 10. The van der Waals surface area contributed by atoms with Crippen LogP contribution in [0.2, 0.25) is 0 Å². The summed E-state index contributed by atoms with van der Waals surface area (Å²) < 4.78 is 11.8. The second kappa shape index (κ2) is 9.61. The van der Waals surface area contributed by atoms with Gasteiger partial charge >= 0.3 is 5.97 Å². The molecule has 8 nitrogen and oxygen atoms in total. The van der Waals surface area contributed by atoms with Gasteiger partial charge in [-0.05, 0) is 37.1 Å². The Morgan fingerprint density at radius 1 is 1.16 bits per heavy atom. The third-order valence-corrected chi connectivity index (χ3v) is 5.09. The Labute approximate surface area is 180 Å². The van der Waals surface area contributed by atoms with Gasteiger partial charge in [-0.2, -0.15) is 4.98 Å². The van der Waals surface area contributed by atoms with E-state index in [4.69, 9.17) is 9.15 Å². The topological polar surface area (TPSA) is 100 Å². The molecule has 0 saturated carbocycles. The molecule has 31 heavy (non-hydrogen) atoms. The molecular weight excluding hydrogens is 396 g/mol. The fourth-order valence-corrected chi connectivity index (χ4v) is 3.48. The average molecular weight is 422 g/mol. The molecule has 0 saturated heterocycles. The van der Waals surface area contributed by atoms with E-state index in [1.54, 1.807) is 6.07 Å². The number of anilines is 2. The van der Waals surface area contributed by atoms with Gasteiger partial charge in [-0.1, -0.05) is 37.6 Å². The Morgan fingerprint density at radius 2 is 1.94 bits per heavy atom. The smallest absolute Gasteiger partial charge is 0.355 e. The summed E-state index contributed by atoms with van der Waals surface area (Å²) in [4.78, 5) is 22.6. The number of carboxylic acids is 1. The van der Waals surface area contributed by atoms with Crippen LogP contribution in [0.4, 0.5) is 17.4 Å². The molecule has 0 fully saturated rings. The number of nitrogens with one attached hydrogen (secondary N) is 1. The number of oxazole rings is 1. The van der Waals surface area contributed by atoms with Gasteiger partial charge in [0.05, 0.1) is 18.0 Å². The van der Waals surface area contributed by atoms with Crippen molar-refractivity contribution in [3.8, 4) is 0 Å². The molecule has 2 heterocycles. The van der Waals surface area contributed by atoms with Gasteiger partial charge in [0.25, 0.3) is 6.01 Å². The predicted octanol–water partition coefficient (Wildman–Crippen LogP) is 4.45. The van der Waals surface area contributed by atoms with Gasteiger partial charge in [0.2, 0.25) is 0 Å². The fourth-order valence-electron chi connectivity index (χ4n) is 3.48. The molecule has 4 rings (SSSR count). The van der Waals surface area contributed by atoms with Crippen LogP contribution in [0.25, 0.3) is 11.1 Å². The summed E-state index contributed by atoms with van der Waals surface area (Å²) in [6.45, 7) is 4.04. The minimum atomic E-state index is -1.09. The average Bonchev–Trinajstić information content (AvgIpc) is 3.22. The maximum atomic E-state index is 11.6. The third-order valence-electron chi connectivity index (χ3n) is 5.09. The minimum absolute atomic E-state index is 0.0412. The summed E-state index contributed by atoms with van der Waals surface area (Å²) in [5, 5.41) is 12.6. The molecule has 1 aromatic heterocycles. The van der Waals surface area contributed by atoms with Gasteiger partial charge in [0.15, 0.2) is 17.5 Å². The molecule has 0 radical (unpaired) electrons. The zero-order valence-corrected chi connectivity index (χ0v) is 17.5. The molecular formula is C23H26N4O4. The van der Waals surface area contributed by atoms with E-state index in [1.165, 1.54) is 0 Å². The number of aliphatic carboxylic acids is 1. The van der Waals surface area contributed by atoms with Crippen molar-refractivity contribution in [1.29, 1.82) is 0 Å². The minimum Gasteiger partial charge on any atom is -0.477 e. The van der Waals surface area contributed by atoms with Crippen molar-refractivity contribution < 1.29 is 19.1 Å². The van der Waals surface area contributed by atoms with Crippen molar-refractivity contribution in [2.75, 3.05) is 29.9 Å². The molecule has 1 unspecified atom stereocenters. The molecule has 3 aromatic rings. The highest BCUT2D eigenvalue weighted by molar-refractivity contribution is 6.39. The van der Waals surface area contributed by atoms with E-state index in [0.29, 0.717) is 31.3 Å². The van der Waals surface area contributed by atoms with Crippen LogP contribution in [0.3, 0.4) is 0 Å². The highest BCUT2D eigenvalue weighted by atomic mass is 16.5. The highest BCUT2D eigenvalue weighted by Crippen LogP contribution is 2.29. The molecule has 0 spiro atoms. The zero-order valence-electron chi connectivity index (χ0n) is 17.5. The molecule has 1 aliphatic heterocycles. The summed E-state index contributed by atoms with van der Waals surface area (Å²) in [5.74, 6) is -1.09. The number of ether oxygens (including phenoxy) is 1. The molecule has 1 atom stereocenters. The van der Waals surface area contributed by atoms with E-state index in [9.17, 15) is 9.90 Å². The number of carbonyl (C=O) groups is 1. The Morgan fingerprint density at radius 3 is 2.74 bits per heavy atom. The van der Waals surface area contributed by atoms with Crippen LogP contribution in [0, 0.1) is 0 Å². The number of hydrogen-bond acceptors (Lipinski definition) is 7. The number of nitrogens with zero attached hydrogens (tertiary/aromatic N) is 3. The lowest BCUT2D eigenvalue weighted by molar-refractivity contribution is -0.130. The normalized spacial score (nSPS) is 15.3. The molecule has 0 bridgehead atoms. The first kappa shape index (κ1) is 20.9. The summed E-state index contributed by atoms with van der Waals surface area (Å²) >= 11 is 0. The first-order chi connectivity index (χ1) is 15.2. The number of aliphatic imine (C=N–C) groups is 1. The van der Waals surface area contributed by atoms with Crippen LogP contribution < -0.4 is 10.2 Å². The second-order valence-corrected chi connectivity index (χ2v) is 7.37. The quantitative estimate of drug-likeness (QED) is 0.466.